The first-order chi connectivity index (χ1) is 10.6. The highest BCUT2D eigenvalue weighted by atomic mass is 16.3. The molecule has 0 saturated heterocycles. The quantitative estimate of drug-likeness (QED) is 0.855. The number of rotatable bonds is 6. The highest BCUT2D eigenvalue weighted by molar-refractivity contribution is 5.55. The van der Waals surface area contributed by atoms with Gasteiger partial charge in [-0.3, -0.25) is 0 Å². The molecule has 5 nitrogen and oxygen atoms in total. The van der Waals surface area contributed by atoms with Crippen molar-refractivity contribution in [2.45, 2.75) is 32.8 Å². The van der Waals surface area contributed by atoms with Crippen molar-refractivity contribution < 1.29 is 5.11 Å². The molecule has 0 aliphatic carbocycles. The van der Waals surface area contributed by atoms with Crippen LogP contribution in [0.15, 0.2) is 30.3 Å². The van der Waals surface area contributed by atoms with Crippen LogP contribution in [0, 0.1) is 25.2 Å². The van der Waals surface area contributed by atoms with Crippen LogP contribution in [-0.4, -0.2) is 28.0 Å². The summed E-state index contributed by atoms with van der Waals surface area (Å²) in [6, 6.07) is 12.2. The van der Waals surface area contributed by atoms with Crippen LogP contribution in [-0.2, 0) is 6.42 Å². The van der Waals surface area contributed by atoms with Crippen molar-refractivity contribution in [2.75, 3.05) is 11.9 Å². The highest BCUT2D eigenvalue weighted by Gasteiger charge is 2.12. The van der Waals surface area contributed by atoms with Gasteiger partial charge in [-0.2, -0.15) is 10.4 Å². The Bertz CT molecular complexity index is 664. The predicted octanol–water partition coefficient (Wildman–Crippen LogP) is 2.37. The summed E-state index contributed by atoms with van der Waals surface area (Å²) in [6.07, 6.45) is 0.958. The van der Waals surface area contributed by atoms with Crippen molar-refractivity contribution in [2.24, 2.45) is 0 Å². The summed E-state index contributed by atoms with van der Waals surface area (Å²) in [6.45, 7) is 4.01. The van der Waals surface area contributed by atoms with E-state index in [-0.39, 0.29) is 0 Å². The SMILES string of the molecule is Cc1nnc(NC[C@H](O)CCc2ccccc2)c(C#N)c1C. The van der Waals surface area contributed by atoms with E-state index in [0.29, 0.717) is 24.3 Å². The average Bonchev–Trinajstić information content (AvgIpc) is 2.55. The fourth-order valence-corrected chi connectivity index (χ4v) is 2.16. The highest BCUT2D eigenvalue weighted by Crippen LogP contribution is 2.17. The Morgan fingerprint density at radius 2 is 1.95 bits per heavy atom. The van der Waals surface area contributed by atoms with Crippen molar-refractivity contribution in [1.82, 2.24) is 10.2 Å². The normalized spacial score (nSPS) is 11.7. The number of hydrogen-bond acceptors (Lipinski definition) is 5. The smallest absolute Gasteiger partial charge is 0.167 e. The van der Waals surface area contributed by atoms with Crippen molar-refractivity contribution in [1.29, 1.82) is 5.26 Å². The van der Waals surface area contributed by atoms with Gasteiger partial charge in [0.2, 0.25) is 0 Å². The Labute approximate surface area is 130 Å². The average molecular weight is 296 g/mol. The second-order valence-electron chi connectivity index (χ2n) is 5.30. The van der Waals surface area contributed by atoms with Gasteiger partial charge in [-0.25, -0.2) is 0 Å². The number of benzene rings is 1. The Hall–Kier alpha value is -2.45. The number of nitrogens with one attached hydrogen (secondary N) is 1. The Morgan fingerprint density at radius 1 is 1.23 bits per heavy atom. The summed E-state index contributed by atoms with van der Waals surface area (Å²) >= 11 is 0. The van der Waals surface area contributed by atoms with E-state index in [1.54, 1.807) is 0 Å². The van der Waals surface area contributed by atoms with Crippen molar-refractivity contribution in [3.8, 4) is 6.07 Å². The third kappa shape index (κ3) is 4.03. The molecule has 0 fully saturated rings. The molecule has 0 unspecified atom stereocenters. The lowest BCUT2D eigenvalue weighted by Gasteiger charge is -2.14. The molecule has 0 aliphatic rings. The van der Waals surface area contributed by atoms with Gasteiger partial charge in [0.1, 0.15) is 11.6 Å². The first-order valence-electron chi connectivity index (χ1n) is 7.31. The molecule has 0 aliphatic heterocycles. The third-order valence-electron chi connectivity index (χ3n) is 3.68. The maximum absolute atomic E-state index is 10.1. The monoisotopic (exact) mass is 296 g/mol. The largest absolute Gasteiger partial charge is 0.391 e. The number of nitrogens with zero attached hydrogens (tertiary/aromatic N) is 3. The summed E-state index contributed by atoms with van der Waals surface area (Å²) < 4.78 is 0. The first kappa shape index (κ1) is 15.9. The molecular formula is C17H20N4O. The minimum absolute atomic E-state index is 0.346. The maximum atomic E-state index is 10.1. The van der Waals surface area contributed by atoms with Crippen molar-refractivity contribution in [3.63, 3.8) is 0 Å². The lowest BCUT2D eigenvalue weighted by Crippen LogP contribution is -2.21. The third-order valence-corrected chi connectivity index (χ3v) is 3.68. The molecule has 0 saturated carbocycles. The van der Waals surface area contributed by atoms with Crippen LogP contribution in [0.3, 0.4) is 0 Å². The van der Waals surface area contributed by atoms with Crippen LogP contribution in [0.2, 0.25) is 0 Å². The zero-order valence-electron chi connectivity index (χ0n) is 12.9. The van der Waals surface area contributed by atoms with E-state index in [4.69, 9.17) is 0 Å². The molecule has 1 atom stereocenters. The van der Waals surface area contributed by atoms with Crippen LogP contribution in [0.1, 0.15) is 28.8 Å². The van der Waals surface area contributed by atoms with E-state index < -0.39 is 6.10 Å². The molecule has 2 rings (SSSR count). The molecular weight excluding hydrogens is 276 g/mol. The number of aliphatic hydroxyl groups excluding tert-OH is 1. The van der Waals surface area contributed by atoms with E-state index in [2.05, 4.69) is 21.6 Å². The molecule has 0 amide bonds. The van der Waals surface area contributed by atoms with Gasteiger partial charge >= 0.3 is 0 Å². The first-order valence-corrected chi connectivity index (χ1v) is 7.31. The molecule has 1 aromatic carbocycles. The fourth-order valence-electron chi connectivity index (χ4n) is 2.16. The molecule has 2 N–H and O–H groups in total. The number of aryl methyl sites for hydroxylation is 2. The van der Waals surface area contributed by atoms with E-state index in [0.717, 1.165) is 17.7 Å². The van der Waals surface area contributed by atoms with E-state index in [1.165, 1.54) is 5.56 Å². The Balaban J connectivity index is 1.90. The fraction of sp³-hybridized carbons (Fsp3) is 0.353. The number of hydrogen-bond donors (Lipinski definition) is 2. The number of aliphatic hydroxyl groups is 1. The van der Waals surface area contributed by atoms with E-state index >= 15 is 0 Å². The Kier molecular flexibility index (Phi) is 5.45. The van der Waals surface area contributed by atoms with Crippen LogP contribution < -0.4 is 5.32 Å². The van der Waals surface area contributed by atoms with Gasteiger partial charge in [-0.1, -0.05) is 30.3 Å². The molecule has 1 aromatic heterocycles. The van der Waals surface area contributed by atoms with Gasteiger partial charge in [-0.05, 0) is 37.8 Å². The van der Waals surface area contributed by atoms with Crippen LogP contribution >= 0.6 is 0 Å². The molecule has 1 heterocycles. The van der Waals surface area contributed by atoms with E-state index in [9.17, 15) is 10.4 Å². The Morgan fingerprint density at radius 3 is 2.64 bits per heavy atom. The van der Waals surface area contributed by atoms with Crippen LogP contribution in [0.4, 0.5) is 5.82 Å². The number of nitriles is 1. The molecule has 0 spiro atoms. The molecule has 0 radical (unpaired) electrons. The topological polar surface area (TPSA) is 81.8 Å². The standard InChI is InChI=1S/C17H20N4O/c1-12-13(2)20-21-17(16(12)10-18)19-11-15(22)9-8-14-6-4-3-5-7-14/h3-7,15,22H,8-9,11H2,1-2H3,(H,19,21)/t15-/m1/s1. The summed E-state index contributed by atoms with van der Waals surface area (Å²) in [5, 5.41) is 30.3. The summed E-state index contributed by atoms with van der Waals surface area (Å²) in [5.74, 6) is 0.435. The molecule has 0 bridgehead atoms. The lowest BCUT2D eigenvalue weighted by molar-refractivity contribution is 0.177. The molecule has 114 valence electrons. The number of anilines is 1. The summed E-state index contributed by atoms with van der Waals surface area (Å²) in [5.41, 5.74) is 3.25. The van der Waals surface area contributed by atoms with Crippen LogP contribution in [0.25, 0.3) is 0 Å². The van der Waals surface area contributed by atoms with Crippen LogP contribution in [0.5, 0.6) is 0 Å². The number of aromatic nitrogens is 2. The van der Waals surface area contributed by atoms with Gasteiger partial charge in [0.25, 0.3) is 0 Å². The summed E-state index contributed by atoms with van der Waals surface area (Å²) in [7, 11) is 0. The van der Waals surface area contributed by atoms with Gasteiger partial charge in [-0.15, -0.1) is 5.10 Å². The zero-order valence-corrected chi connectivity index (χ0v) is 12.9. The minimum Gasteiger partial charge on any atom is -0.391 e. The maximum Gasteiger partial charge on any atom is 0.167 e. The predicted molar refractivity (Wildman–Crippen MR) is 85.5 cm³/mol. The molecule has 5 heteroatoms. The van der Waals surface area contributed by atoms with Gasteiger partial charge in [0.05, 0.1) is 11.8 Å². The minimum atomic E-state index is -0.504. The molecule has 2 aromatic rings. The second-order valence-corrected chi connectivity index (χ2v) is 5.30. The van der Waals surface area contributed by atoms with Gasteiger partial charge in [0, 0.05) is 6.54 Å². The molecule has 22 heavy (non-hydrogen) atoms. The van der Waals surface area contributed by atoms with Gasteiger partial charge in [0.15, 0.2) is 5.82 Å². The van der Waals surface area contributed by atoms with E-state index in [1.807, 2.05) is 44.2 Å². The van der Waals surface area contributed by atoms with Gasteiger partial charge < -0.3 is 10.4 Å². The second kappa shape index (κ2) is 7.53. The lowest BCUT2D eigenvalue weighted by atomic mass is 10.1. The van der Waals surface area contributed by atoms with Crippen molar-refractivity contribution >= 4 is 5.82 Å². The van der Waals surface area contributed by atoms with Crippen molar-refractivity contribution in [3.05, 3.63) is 52.7 Å². The summed E-state index contributed by atoms with van der Waals surface area (Å²) in [4.78, 5) is 0. The zero-order chi connectivity index (χ0) is 15.9.